The molecule has 0 saturated heterocycles. The number of carboxylic acids is 1. The number of carboxylic acid groups (broad SMARTS) is 1. The highest BCUT2D eigenvalue weighted by Crippen LogP contribution is 2.23. The molecule has 0 unspecified atom stereocenters. The van der Waals surface area contributed by atoms with Crippen molar-refractivity contribution in [3.63, 3.8) is 0 Å². The van der Waals surface area contributed by atoms with Crippen LogP contribution in [0.4, 0.5) is 0 Å². The molecule has 0 bridgehead atoms. The van der Waals surface area contributed by atoms with Crippen LogP contribution in [0.1, 0.15) is 21.1 Å². The van der Waals surface area contributed by atoms with Crippen molar-refractivity contribution in [2.24, 2.45) is 5.73 Å². The molecular formula is C10H11BrN4O2S. The van der Waals surface area contributed by atoms with E-state index < -0.39 is 5.97 Å². The van der Waals surface area contributed by atoms with E-state index in [1.807, 2.05) is 12.1 Å². The molecule has 2 aromatic heterocycles. The average molecular weight is 331 g/mol. The number of nitrogens with zero attached hydrogens (tertiary/aromatic N) is 3. The molecule has 6 nitrogen and oxygen atoms in total. The maximum Gasteiger partial charge on any atom is 0.358 e. The van der Waals surface area contributed by atoms with Gasteiger partial charge in [-0.25, -0.2) is 9.48 Å². The largest absolute Gasteiger partial charge is 0.476 e. The summed E-state index contributed by atoms with van der Waals surface area (Å²) in [7, 11) is 0. The van der Waals surface area contributed by atoms with Gasteiger partial charge >= 0.3 is 5.97 Å². The third-order valence-corrected chi connectivity index (χ3v) is 3.96. The molecule has 2 aromatic rings. The molecular weight excluding hydrogens is 320 g/mol. The van der Waals surface area contributed by atoms with Crippen molar-refractivity contribution in [3.8, 4) is 0 Å². The van der Waals surface area contributed by atoms with Crippen LogP contribution in [0.15, 0.2) is 15.9 Å². The molecule has 3 N–H and O–H groups in total. The molecule has 0 spiro atoms. The van der Waals surface area contributed by atoms with Gasteiger partial charge in [0, 0.05) is 11.3 Å². The summed E-state index contributed by atoms with van der Waals surface area (Å²) < 4.78 is 2.62. The second-order valence-corrected chi connectivity index (χ2v) is 6.14. The van der Waals surface area contributed by atoms with Crippen LogP contribution in [0.25, 0.3) is 0 Å². The Morgan fingerprint density at radius 3 is 2.89 bits per heavy atom. The first-order chi connectivity index (χ1) is 8.61. The van der Waals surface area contributed by atoms with Crippen molar-refractivity contribution >= 4 is 33.2 Å². The molecule has 0 aromatic carbocycles. The van der Waals surface area contributed by atoms with E-state index in [1.165, 1.54) is 0 Å². The van der Waals surface area contributed by atoms with Gasteiger partial charge in [0.25, 0.3) is 0 Å². The van der Waals surface area contributed by atoms with Gasteiger partial charge in [0.15, 0.2) is 5.69 Å². The summed E-state index contributed by atoms with van der Waals surface area (Å²) in [5.41, 5.74) is 6.04. The molecule has 0 fully saturated rings. The number of halogens is 1. The van der Waals surface area contributed by atoms with E-state index in [-0.39, 0.29) is 5.69 Å². The zero-order valence-electron chi connectivity index (χ0n) is 9.34. The normalized spacial score (nSPS) is 10.8. The van der Waals surface area contributed by atoms with Crippen LogP contribution >= 0.6 is 27.3 Å². The summed E-state index contributed by atoms with van der Waals surface area (Å²) in [5.74, 6) is -1.07. The van der Waals surface area contributed by atoms with E-state index in [9.17, 15) is 4.79 Å². The molecule has 0 aliphatic heterocycles. The minimum Gasteiger partial charge on any atom is -0.476 e. The Labute approximate surface area is 116 Å². The van der Waals surface area contributed by atoms with Crippen molar-refractivity contribution < 1.29 is 9.90 Å². The molecule has 18 heavy (non-hydrogen) atoms. The van der Waals surface area contributed by atoms with Crippen molar-refractivity contribution in [2.75, 3.05) is 6.54 Å². The Morgan fingerprint density at radius 2 is 2.33 bits per heavy atom. The van der Waals surface area contributed by atoms with Gasteiger partial charge in [-0.2, -0.15) is 0 Å². The van der Waals surface area contributed by atoms with Crippen LogP contribution in [-0.4, -0.2) is 32.6 Å². The maximum atomic E-state index is 11.0. The lowest BCUT2D eigenvalue weighted by Crippen LogP contribution is -2.13. The highest BCUT2D eigenvalue weighted by atomic mass is 79.9. The number of nitrogens with two attached hydrogens (primary N) is 1. The van der Waals surface area contributed by atoms with E-state index in [0.29, 0.717) is 25.2 Å². The van der Waals surface area contributed by atoms with Gasteiger partial charge in [0.05, 0.1) is 16.0 Å². The number of hydrogen-bond donors (Lipinski definition) is 2. The smallest absolute Gasteiger partial charge is 0.358 e. The van der Waals surface area contributed by atoms with Crippen molar-refractivity contribution in [2.45, 2.75) is 13.0 Å². The summed E-state index contributed by atoms with van der Waals surface area (Å²) in [6.45, 7) is 0.869. The highest BCUT2D eigenvalue weighted by Gasteiger charge is 2.18. The molecule has 8 heteroatoms. The zero-order chi connectivity index (χ0) is 13.1. The van der Waals surface area contributed by atoms with E-state index in [2.05, 4.69) is 26.2 Å². The number of carbonyl (C=O) groups is 1. The third kappa shape index (κ3) is 2.77. The Kier molecular flexibility index (Phi) is 4.10. The zero-order valence-corrected chi connectivity index (χ0v) is 11.7. The summed E-state index contributed by atoms with van der Waals surface area (Å²) in [4.78, 5) is 12.1. The van der Waals surface area contributed by atoms with Gasteiger partial charge in [-0.15, -0.1) is 16.4 Å². The minimum absolute atomic E-state index is 0.0175. The molecule has 0 amide bonds. The van der Waals surface area contributed by atoms with E-state index in [0.717, 1.165) is 8.66 Å². The SMILES string of the molecule is NCCc1c(C(=O)O)nnn1Cc1ccc(Br)s1. The van der Waals surface area contributed by atoms with E-state index in [4.69, 9.17) is 10.8 Å². The van der Waals surface area contributed by atoms with Gasteiger partial charge in [0.2, 0.25) is 0 Å². The number of thiophene rings is 1. The lowest BCUT2D eigenvalue weighted by atomic mass is 10.2. The van der Waals surface area contributed by atoms with Crippen molar-refractivity contribution in [1.29, 1.82) is 0 Å². The maximum absolute atomic E-state index is 11.0. The monoisotopic (exact) mass is 330 g/mol. The van der Waals surface area contributed by atoms with Gasteiger partial charge in [-0.05, 0) is 34.6 Å². The number of aromatic nitrogens is 3. The van der Waals surface area contributed by atoms with Gasteiger partial charge in [-0.3, -0.25) is 0 Å². The fourth-order valence-electron chi connectivity index (χ4n) is 1.59. The fraction of sp³-hybridized carbons (Fsp3) is 0.300. The van der Waals surface area contributed by atoms with Crippen molar-refractivity contribution in [3.05, 3.63) is 32.2 Å². The van der Waals surface area contributed by atoms with Crippen LogP contribution in [0, 0.1) is 0 Å². The standard InChI is InChI=1S/C10H11BrN4O2S/c11-8-2-1-6(18-8)5-15-7(3-4-12)9(10(16)17)13-14-15/h1-2H,3-5,12H2,(H,16,17). The summed E-state index contributed by atoms with van der Waals surface area (Å²) >= 11 is 4.96. The highest BCUT2D eigenvalue weighted by molar-refractivity contribution is 9.11. The molecule has 0 aliphatic carbocycles. The first-order valence-corrected chi connectivity index (χ1v) is 6.82. The predicted molar refractivity (Wildman–Crippen MR) is 70.9 cm³/mol. The Bertz CT molecular complexity index is 566. The predicted octanol–water partition coefficient (Wildman–Crippen LogP) is 1.35. The number of hydrogen-bond acceptors (Lipinski definition) is 5. The second kappa shape index (κ2) is 5.59. The Hall–Kier alpha value is -1.25. The fourth-order valence-corrected chi connectivity index (χ4v) is 3.06. The van der Waals surface area contributed by atoms with Crippen LogP contribution in [0.2, 0.25) is 0 Å². The third-order valence-electron chi connectivity index (χ3n) is 2.36. The first-order valence-electron chi connectivity index (χ1n) is 5.21. The van der Waals surface area contributed by atoms with E-state index >= 15 is 0 Å². The van der Waals surface area contributed by atoms with Gasteiger partial charge in [0.1, 0.15) is 0 Å². The molecule has 2 rings (SSSR count). The average Bonchev–Trinajstić information content (AvgIpc) is 2.88. The van der Waals surface area contributed by atoms with Crippen LogP contribution in [0.5, 0.6) is 0 Å². The lowest BCUT2D eigenvalue weighted by Gasteiger charge is -2.04. The van der Waals surface area contributed by atoms with Gasteiger partial charge < -0.3 is 10.8 Å². The van der Waals surface area contributed by atoms with Gasteiger partial charge in [-0.1, -0.05) is 5.21 Å². The Morgan fingerprint density at radius 1 is 1.56 bits per heavy atom. The number of rotatable bonds is 5. The molecule has 0 atom stereocenters. The lowest BCUT2D eigenvalue weighted by molar-refractivity contribution is 0.0689. The second-order valence-electron chi connectivity index (χ2n) is 3.59. The number of aromatic carboxylic acids is 1. The van der Waals surface area contributed by atoms with Crippen molar-refractivity contribution in [1.82, 2.24) is 15.0 Å². The summed E-state index contributed by atoms with van der Waals surface area (Å²) in [6.07, 6.45) is 0.446. The Balaban J connectivity index is 2.29. The van der Waals surface area contributed by atoms with Crippen LogP contribution in [-0.2, 0) is 13.0 Å². The molecule has 2 heterocycles. The molecule has 96 valence electrons. The topological polar surface area (TPSA) is 94.0 Å². The molecule has 0 aliphatic rings. The summed E-state index contributed by atoms with van der Waals surface area (Å²) in [5, 5.41) is 16.6. The molecule has 0 saturated carbocycles. The quantitative estimate of drug-likeness (QED) is 0.862. The minimum atomic E-state index is -1.07. The first kappa shape index (κ1) is 13.2. The van der Waals surface area contributed by atoms with E-state index in [1.54, 1.807) is 16.0 Å². The van der Waals surface area contributed by atoms with Crippen LogP contribution in [0.3, 0.4) is 0 Å². The summed E-state index contributed by atoms with van der Waals surface area (Å²) in [6, 6.07) is 3.90. The molecule has 0 radical (unpaired) electrons. The van der Waals surface area contributed by atoms with Crippen LogP contribution < -0.4 is 5.73 Å².